The molecule has 2 saturated carbocycles. The highest BCUT2D eigenvalue weighted by molar-refractivity contribution is 4.89. The highest BCUT2D eigenvalue weighted by atomic mass is 16.5. The fourth-order valence-corrected chi connectivity index (χ4v) is 2.55. The van der Waals surface area contributed by atoms with Gasteiger partial charge in [0.15, 0.2) is 0 Å². The van der Waals surface area contributed by atoms with E-state index >= 15 is 0 Å². The molecule has 0 amide bonds. The molecule has 1 aliphatic heterocycles. The van der Waals surface area contributed by atoms with Crippen LogP contribution < -0.4 is 5.32 Å². The minimum absolute atomic E-state index is 0.357. The summed E-state index contributed by atoms with van der Waals surface area (Å²) in [5.41, 5.74) is 0.357. The van der Waals surface area contributed by atoms with Crippen LogP contribution in [0.3, 0.4) is 0 Å². The van der Waals surface area contributed by atoms with Gasteiger partial charge in [-0.1, -0.05) is 0 Å². The van der Waals surface area contributed by atoms with E-state index in [2.05, 4.69) is 5.32 Å². The van der Waals surface area contributed by atoms with Crippen molar-refractivity contribution in [3.8, 4) is 0 Å². The molecular weight excluding hydrogens is 214 g/mol. The first-order chi connectivity index (χ1) is 8.36. The van der Waals surface area contributed by atoms with Crippen molar-refractivity contribution in [2.24, 2.45) is 11.3 Å². The fourth-order valence-electron chi connectivity index (χ4n) is 2.55. The zero-order valence-corrected chi connectivity index (χ0v) is 10.7. The van der Waals surface area contributed by atoms with Crippen LogP contribution in [-0.2, 0) is 9.47 Å². The van der Waals surface area contributed by atoms with Gasteiger partial charge in [-0.3, -0.25) is 0 Å². The lowest BCUT2D eigenvalue weighted by molar-refractivity contribution is -0.0407. The number of hydrogen-bond acceptors (Lipinski definition) is 3. The Labute approximate surface area is 104 Å². The minimum atomic E-state index is 0.357. The van der Waals surface area contributed by atoms with Crippen molar-refractivity contribution in [1.29, 1.82) is 0 Å². The van der Waals surface area contributed by atoms with Crippen LogP contribution in [0.5, 0.6) is 0 Å². The smallest absolute Gasteiger partial charge is 0.0536 e. The number of nitrogens with one attached hydrogen (secondary N) is 1. The Morgan fingerprint density at radius 1 is 1.12 bits per heavy atom. The summed E-state index contributed by atoms with van der Waals surface area (Å²) in [4.78, 5) is 0. The Bertz CT molecular complexity index is 243. The van der Waals surface area contributed by atoms with Crippen LogP contribution in [0.2, 0.25) is 0 Å². The molecule has 0 aromatic heterocycles. The van der Waals surface area contributed by atoms with Gasteiger partial charge in [0.25, 0.3) is 0 Å². The van der Waals surface area contributed by atoms with E-state index in [0.29, 0.717) is 5.41 Å². The van der Waals surface area contributed by atoms with Gasteiger partial charge >= 0.3 is 0 Å². The van der Waals surface area contributed by atoms with Gasteiger partial charge in [0, 0.05) is 37.8 Å². The highest BCUT2D eigenvalue weighted by Gasteiger charge is 2.35. The second kappa shape index (κ2) is 5.25. The summed E-state index contributed by atoms with van der Waals surface area (Å²) in [6, 6.07) is 0.804. The zero-order valence-electron chi connectivity index (χ0n) is 10.7. The third kappa shape index (κ3) is 3.67. The molecule has 0 bridgehead atoms. The quantitative estimate of drug-likeness (QED) is 0.736. The molecule has 0 spiro atoms. The van der Waals surface area contributed by atoms with E-state index in [-0.39, 0.29) is 0 Å². The average Bonchev–Trinajstić information content (AvgIpc) is 3.23. The molecule has 98 valence electrons. The van der Waals surface area contributed by atoms with Crippen LogP contribution in [0.15, 0.2) is 0 Å². The molecule has 2 aliphatic carbocycles. The van der Waals surface area contributed by atoms with Crippen LogP contribution in [0.1, 0.15) is 38.5 Å². The average molecular weight is 239 g/mol. The maximum Gasteiger partial charge on any atom is 0.0536 e. The van der Waals surface area contributed by atoms with Gasteiger partial charge < -0.3 is 14.8 Å². The first-order valence-electron chi connectivity index (χ1n) is 7.25. The lowest BCUT2D eigenvalue weighted by atomic mass is 9.81. The van der Waals surface area contributed by atoms with Gasteiger partial charge in [0.2, 0.25) is 0 Å². The van der Waals surface area contributed by atoms with E-state index in [1.807, 2.05) is 0 Å². The topological polar surface area (TPSA) is 30.5 Å². The summed E-state index contributed by atoms with van der Waals surface area (Å²) in [7, 11) is 0. The molecule has 0 atom stereocenters. The molecule has 3 nitrogen and oxygen atoms in total. The SMILES string of the molecule is C1CC(CNC2CC2)(COCC2CC2)CCO1. The standard InChI is InChI=1S/C14H25NO2/c1-2-12(1)9-17-11-14(5-7-16-8-6-14)10-15-13-3-4-13/h12-13,15H,1-11H2. The maximum absolute atomic E-state index is 5.96. The molecule has 1 N–H and O–H groups in total. The highest BCUT2D eigenvalue weighted by Crippen LogP contribution is 2.34. The van der Waals surface area contributed by atoms with Crippen molar-refractivity contribution in [2.45, 2.75) is 44.6 Å². The first-order valence-corrected chi connectivity index (χ1v) is 7.25. The molecule has 3 rings (SSSR count). The van der Waals surface area contributed by atoms with Gasteiger partial charge in [-0.25, -0.2) is 0 Å². The molecular formula is C14H25NO2. The molecule has 3 heteroatoms. The Morgan fingerprint density at radius 3 is 2.53 bits per heavy atom. The summed E-state index contributed by atoms with van der Waals surface area (Å²) in [5.74, 6) is 0.878. The van der Waals surface area contributed by atoms with Crippen molar-refractivity contribution in [1.82, 2.24) is 5.32 Å². The predicted octanol–water partition coefficient (Wildman–Crippen LogP) is 1.96. The zero-order chi connectivity index (χ0) is 11.6. The molecule has 3 aliphatic rings. The Balaban J connectivity index is 1.45. The van der Waals surface area contributed by atoms with Crippen LogP contribution in [0.25, 0.3) is 0 Å². The normalized spacial score (nSPS) is 28.2. The first kappa shape index (κ1) is 11.9. The molecule has 17 heavy (non-hydrogen) atoms. The van der Waals surface area contributed by atoms with Gasteiger partial charge in [-0.2, -0.15) is 0 Å². The van der Waals surface area contributed by atoms with Gasteiger partial charge in [-0.05, 0) is 44.4 Å². The maximum atomic E-state index is 5.96. The van der Waals surface area contributed by atoms with E-state index in [4.69, 9.17) is 9.47 Å². The lowest BCUT2D eigenvalue weighted by Gasteiger charge is -2.37. The Kier molecular flexibility index (Phi) is 3.69. The minimum Gasteiger partial charge on any atom is -0.381 e. The van der Waals surface area contributed by atoms with E-state index in [0.717, 1.165) is 57.8 Å². The van der Waals surface area contributed by atoms with Crippen molar-refractivity contribution in [3.63, 3.8) is 0 Å². The molecule has 0 aromatic carbocycles. The van der Waals surface area contributed by atoms with E-state index in [9.17, 15) is 0 Å². The number of rotatable bonds is 7. The molecule has 3 fully saturated rings. The molecule has 0 unspecified atom stereocenters. The van der Waals surface area contributed by atoms with Crippen molar-refractivity contribution in [3.05, 3.63) is 0 Å². The van der Waals surface area contributed by atoms with Crippen molar-refractivity contribution < 1.29 is 9.47 Å². The second-order valence-corrected chi connectivity index (χ2v) is 6.23. The molecule has 0 radical (unpaired) electrons. The van der Waals surface area contributed by atoms with Crippen molar-refractivity contribution in [2.75, 3.05) is 33.0 Å². The van der Waals surface area contributed by atoms with Crippen molar-refractivity contribution >= 4 is 0 Å². The Hall–Kier alpha value is -0.120. The predicted molar refractivity (Wildman–Crippen MR) is 67.1 cm³/mol. The van der Waals surface area contributed by atoms with Crippen LogP contribution in [-0.4, -0.2) is 39.0 Å². The lowest BCUT2D eigenvalue weighted by Crippen LogP contribution is -2.43. The summed E-state index contributed by atoms with van der Waals surface area (Å²) in [6.45, 7) is 4.89. The molecule has 0 aromatic rings. The van der Waals surface area contributed by atoms with Crippen LogP contribution in [0.4, 0.5) is 0 Å². The number of ether oxygens (including phenoxy) is 2. The van der Waals surface area contributed by atoms with E-state index in [1.54, 1.807) is 0 Å². The van der Waals surface area contributed by atoms with E-state index < -0.39 is 0 Å². The summed E-state index contributed by atoms with van der Waals surface area (Å²) in [6.07, 6.45) is 7.84. The van der Waals surface area contributed by atoms with Gasteiger partial charge in [-0.15, -0.1) is 0 Å². The van der Waals surface area contributed by atoms with Gasteiger partial charge in [0.05, 0.1) is 6.61 Å². The van der Waals surface area contributed by atoms with E-state index in [1.165, 1.54) is 25.7 Å². The number of hydrogen-bond donors (Lipinski definition) is 1. The van der Waals surface area contributed by atoms with Crippen LogP contribution >= 0.6 is 0 Å². The third-order valence-electron chi connectivity index (χ3n) is 4.36. The largest absolute Gasteiger partial charge is 0.381 e. The van der Waals surface area contributed by atoms with Crippen LogP contribution in [0, 0.1) is 11.3 Å². The third-order valence-corrected chi connectivity index (χ3v) is 4.36. The summed E-state index contributed by atoms with van der Waals surface area (Å²) in [5, 5.41) is 3.69. The monoisotopic (exact) mass is 239 g/mol. The summed E-state index contributed by atoms with van der Waals surface area (Å²) < 4.78 is 11.5. The molecule has 1 heterocycles. The summed E-state index contributed by atoms with van der Waals surface area (Å²) >= 11 is 0. The van der Waals surface area contributed by atoms with Gasteiger partial charge in [0.1, 0.15) is 0 Å². The molecule has 1 saturated heterocycles. The fraction of sp³-hybridized carbons (Fsp3) is 1.00. The Morgan fingerprint density at radius 2 is 1.88 bits per heavy atom. The second-order valence-electron chi connectivity index (χ2n) is 6.23.